The summed E-state index contributed by atoms with van der Waals surface area (Å²) in [5.74, 6) is 0. The first-order valence-corrected chi connectivity index (χ1v) is 8.17. The summed E-state index contributed by atoms with van der Waals surface area (Å²) in [6, 6.07) is 7.13. The molecule has 1 aliphatic carbocycles. The van der Waals surface area contributed by atoms with Crippen molar-refractivity contribution in [1.82, 2.24) is 4.72 Å². The van der Waals surface area contributed by atoms with E-state index >= 15 is 0 Å². The van der Waals surface area contributed by atoms with Crippen molar-refractivity contribution in [3.63, 3.8) is 0 Å². The molecule has 1 fully saturated rings. The molecule has 1 aliphatic rings. The SMILES string of the molecule is NCCCCNc1ccccc1S(=O)(=O)NC1CC1. The zero-order chi connectivity index (χ0) is 13.7. The molecule has 106 valence electrons. The second kappa shape index (κ2) is 6.36. The second-order valence-corrected chi connectivity index (χ2v) is 6.50. The molecule has 1 aromatic carbocycles. The van der Waals surface area contributed by atoms with Gasteiger partial charge in [-0.3, -0.25) is 0 Å². The Hall–Kier alpha value is -1.11. The maximum Gasteiger partial charge on any atom is 0.242 e. The molecule has 0 heterocycles. The number of nitrogens with two attached hydrogens (primary N) is 1. The third kappa shape index (κ3) is 4.19. The van der Waals surface area contributed by atoms with E-state index in [-0.39, 0.29) is 6.04 Å². The van der Waals surface area contributed by atoms with Gasteiger partial charge in [-0.2, -0.15) is 0 Å². The van der Waals surface area contributed by atoms with Gasteiger partial charge in [0.1, 0.15) is 4.90 Å². The highest BCUT2D eigenvalue weighted by Crippen LogP contribution is 2.25. The first-order valence-electron chi connectivity index (χ1n) is 6.69. The first kappa shape index (κ1) is 14.3. The fourth-order valence-corrected chi connectivity index (χ4v) is 3.31. The number of unbranched alkanes of at least 4 members (excludes halogenated alkanes) is 1. The number of sulfonamides is 1. The summed E-state index contributed by atoms with van der Waals surface area (Å²) >= 11 is 0. The molecule has 5 nitrogen and oxygen atoms in total. The van der Waals surface area contributed by atoms with E-state index in [1.807, 2.05) is 6.07 Å². The van der Waals surface area contributed by atoms with Crippen molar-refractivity contribution in [2.75, 3.05) is 18.4 Å². The summed E-state index contributed by atoms with van der Waals surface area (Å²) in [7, 11) is -3.41. The minimum absolute atomic E-state index is 0.121. The van der Waals surface area contributed by atoms with Gasteiger partial charge >= 0.3 is 0 Å². The predicted molar refractivity (Wildman–Crippen MR) is 76.6 cm³/mol. The van der Waals surface area contributed by atoms with Gasteiger partial charge in [-0.1, -0.05) is 12.1 Å². The maximum absolute atomic E-state index is 12.2. The van der Waals surface area contributed by atoms with E-state index in [1.165, 1.54) is 0 Å². The highest BCUT2D eigenvalue weighted by atomic mass is 32.2. The Balaban J connectivity index is 2.06. The quantitative estimate of drug-likeness (QED) is 0.627. The van der Waals surface area contributed by atoms with Gasteiger partial charge in [0.25, 0.3) is 0 Å². The molecule has 4 N–H and O–H groups in total. The molecule has 6 heteroatoms. The summed E-state index contributed by atoms with van der Waals surface area (Å²) in [5.41, 5.74) is 6.10. The Kier molecular flexibility index (Phi) is 4.79. The summed E-state index contributed by atoms with van der Waals surface area (Å²) in [4.78, 5) is 0.328. The summed E-state index contributed by atoms with van der Waals surface area (Å²) in [6.07, 6.45) is 3.74. The molecule has 19 heavy (non-hydrogen) atoms. The molecule has 0 aliphatic heterocycles. The minimum Gasteiger partial charge on any atom is -0.384 e. The summed E-state index contributed by atoms with van der Waals surface area (Å²) in [5, 5.41) is 3.17. The van der Waals surface area contributed by atoms with Gasteiger partial charge in [0.15, 0.2) is 0 Å². The van der Waals surface area contributed by atoms with Gasteiger partial charge in [0, 0.05) is 12.6 Å². The number of hydrogen-bond acceptors (Lipinski definition) is 4. The zero-order valence-electron chi connectivity index (χ0n) is 10.9. The van der Waals surface area contributed by atoms with Crippen molar-refractivity contribution < 1.29 is 8.42 Å². The van der Waals surface area contributed by atoms with Gasteiger partial charge < -0.3 is 11.1 Å². The summed E-state index contributed by atoms with van der Waals surface area (Å²) in [6.45, 7) is 1.39. The topological polar surface area (TPSA) is 84.2 Å². The monoisotopic (exact) mass is 283 g/mol. The van der Waals surface area contributed by atoms with Gasteiger partial charge in [0.2, 0.25) is 10.0 Å². The Morgan fingerprint density at radius 2 is 1.95 bits per heavy atom. The van der Waals surface area contributed by atoms with Crippen molar-refractivity contribution in [2.45, 2.75) is 36.6 Å². The standard InChI is InChI=1S/C13H21N3O2S/c14-9-3-4-10-15-12-5-1-2-6-13(12)19(17,18)16-11-7-8-11/h1-2,5-6,11,15-16H,3-4,7-10,14H2. The van der Waals surface area contributed by atoms with E-state index < -0.39 is 10.0 Å². The first-order chi connectivity index (χ1) is 9.13. The van der Waals surface area contributed by atoms with Crippen molar-refractivity contribution in [3.05, 3.63) is 24.3 Å². The lowest BCUT2D eigenvalue weighted by Gasteiger charge is -2.12. The third-order valence-corrected chi connectivity index (χ3v) is 4.60. The minimum atomic E-state index is -3.41. The number of para-hydroxylation sites is 1. The van der Waals surface area contributed by atoms with Crippen LogP contribution in [0.1, 0.15) is 25.7 Å². The highest BCUT2D eigenvalue weighted by Gasteiger charge is 2.29. The van der Waals surface area contributed by atoms with E-state index in [0.29, 0.717) is 17.1 Å². The zero-order valence-corrected chi connectivity index (χ0v) is 11.7. The lowest BCUT2D eigenvalue weighted by molar-refractivity contribution is 0.581. The average molecular weight is 283 g/mol. The Morgan fingerprint density at radius 3 is 2.63 bits per heavy atom. The van der Waals surface area contributed by atoms with Crippen molar-refractivity contribution in [3.8, 4) is 0 Å². The van der Waals surface area contributed by atoms with Crippen LogP contribution in [0.2, 0.25) is 0 Å². The Bertz CT molecular complexity index is 512. The predicted octanol–water partition coefficient (Wildman–Crippen LogP) is 1.28. The largest absolute Gasteiger partial charge is 0.384 e. The molecule has 1 aromatic rings. The van der Waals surface area contributed by atoms with Crippen LogP contribution in [0.25, 0.3) is 0 Å². The summed E-state index contributed by atoms with van der Waals surface area (Å²) < 4.78 is 27.1. The van der Waals surface area contributed by atoms with E-state index in [1.54, 1.807) is 18.2 Å². The normalized spacial score (nSPS) is 15.4. The van der Waals surface area contributed by atoms with Crippen LogP contribution in [0.4, 0.5) is 5.69 Å². The van der Waals surface area contributed by atoms with Crippen molar-refractivity contribution in [1.29, 1.82) is 0 Å². The van der Waals surface area contributed by atoms with Crippen LogP contribution in [0.5, 0.6) is 0 Å². The highest BCUT2D eigenvalue weighted by molar-refractivity contribution is 7.89. The third-order valence-electron chi connectivity index (χ3n) is 3.02. The van der Waals surface area contributed by atoms with E-state index in [0.717, 1.165) is 32.2 Å². The lowest BCUT2D eigenvalue weighted by atomic mass is 10.3. The smallest absolute Gasteiger partial charge is 0.242 e. The second-order valence-electron chi connectivity index (χ2n) is 4.81. The van der Waals surface area contributed by atoms with E-state index in [9.17, 15) is 8.42 Å². The van der Waals surface area contributed by atoms with Gasteiger partial charge in [-0.25, -0.2) is 13.1 Å². The molecular weight excluding hydrogens is 262 g/mol. The molecule has 0 spiro atoms. The van der Waals surface area contributed by atoms with Gasteiger partial charge in [-0.05, 0) is 44.4 Å². The number of hydrogen-bond donors (Lipinski definition) is 3. The fraction of sp³-hybridized carbons (Fsp3) is 0.538. The average Bonchev–Trinajstić information content (AvgIpc) is 3.18. The Morgan fingerprint density at radius 1 is 1.21 bits per heavy atom. The van der Waals surface area contributed by atoms with Crippen LogP contribution in [-0.2, 0) is 10.0 Å². The molecule has 0 bridgehead atoms. The van der Waals surface area contributed by atoms with Gasteiger partial charge in [-0.15, -0.1) is 0 Å². The molecule has 0 radical (unpaired) electrons. The maximum atomic E-state index is 12.2. The van der Waals surface area contributed by atoms with E-state index in [2.05, 4.69) is 10.0 Å². The number of rotatable bonds is 8. The molecule has 2 rings (SSSR count). The molecule has 1 saturated carbocycles. The molecule has 0 saturated heterocycles. The van der Waals surface area contributed by atoms with Crippen LogP contribution >= 0.6 is 0 Å². The number of benzene rings is 1. The van der Waals surface area contributed by atoms with Crippen LogP contribution in [-0.4, -0.2) is 27.5 Å². The van der Waals surface area contributed by atoms with Crippen LogP contribution in [0.3, 0.4) is 0 Å². The molecule has 0 amide bonds. The lowest BCUT2D eigenvalue weighted by Crippen LogP contribution is -2.26. The van der Waals surface area contributed by atoms with Crippen LogP contribution in [0.15, 0.2) is 29.2 Å². The van der Waals surface area contributed by atoms with E-state index in [4.69, 9.17) is 5.73 Å². The van der Waals surface area contributed by atoms with Crippen LogP contribution in [0, 0.1) is 0 Å². The van der Waals surface area contributed by atoms with Crippen molar-refractivity contribution >= 4 is 15.7 Å². The molecule has 0 unspecified atom stereocenters. The molecule has 0 aromatic heterocycles. The number of anilines is 1. The Labute approximate surface area is 114 Å². The number of nitrogens with one attached hydrogen (secondary N) is 2. The van der Waals surface area contributed by atoms with Crippen molar-refractivity contribution in [2.24, 2.45) is 5.73 Å². The van der Waals surface area contributed by atoms with Crippen LogP contribution < -0.4 is 15.8 Å². The van der Waals surface area contributed by atoms with Gasteiger partial charge in [0.05, 0.1) is 5.69 Å². The molecular formula is C13H21N3O2S. The molecule has 0 atom stereocenters. The fourth-order valence-electron chi connectivity index (χ4n) is 1.82.